The third kappa shape index (κ3) is 20.5. The fourth-order valence-corrected chi connectivity index (χ4v) is 11.4. The van der Waals surface area contributed by atoms with Crippen LogP contribution in [0, 0.1) is 5.92 Å². The predicted octanol–water partition coefficient (Wildman–Crippen LogP) is 14.8. The van der Waals surface area contributed by atoms with Crippen LogP contribution in [-0.2, 0) is 44.5 Å². The van der Waals surface area contributed by atoms with Gasteiger partial charge in [-0.3, -0.25) is 10.9 Å². The van der Waals surface area contributed by atoms with Gasteiger partial charge in [-0.15, -0.1) is 0 Å². The lowest BCUT2D eigenvalue weighted by Crippen LogP contribution is -2.30. The third-order valence-corrected chi connectivity index (χ3v) is 16.3. The second-order valence-electron chi connectivity index (χ2n) is 20.9. The minimum Gasteiger partial charge on any atom is -0.490 e. The van der Waals surface area contributed by atoms with Crippen LogP contribution in [0.5, 0.6) is 17.2 Å². The number of para-hydroxylation sites is 2. The summed E-state index contributed by atoms with van der Waals surface area (Å²) < 4.78 is 40.4. The van der Waals surface area contributed by atoms with Crippen LogP contribution < -0.4 is 25.1 Å². The number of nitrogens with one attached hydrogen (secondary N) is 2. The highest BCUT2D eigenvalue weighted by Gasteiger charge is 2.24. The van der Waals surface area contributed by atoms with Gasteiger partial charge < -0.3 is 33.2 Å². The van der Waals surface area contributed by atoms with Gasteiger partial charge in [0.05, 0.1) is 38.4 Å². The average Bonchev–Trinajstić information content (AvgIpc) is 1.33. The Morgan fingerprint density at radius 1 is 0.571 bits per heavy atom. The molecule has 2 atom stereocenters. The number of carbonyl (C=O) groups excluding carboxylic acids is 5. The molecule has 0 saturated heterocycles. The molecule has 91 heavy (non-hydrogen) atoms. The summed E-state index contributed by atoms with van der Waals surface area (Å²) in [4.78, 5) is 69.0. The molecule has 20 heteroatoms. The van der Waals surface area contributed by atoms with Crippen molar-refractivity contribution in [3.05, 3.63) is 212 Å². The summed E-state index contributed by atoms with van der Waals surface area (Å²) in [6, 6.07) is 42.1. The highest BCUT2D eigenvalue weighted by molar-refractivity contribution is 7.22. The maximum atomic E-state index is 13.3. The standard InChI is InChI=1S/C39H35N3O7S.C32H37N3O5S/c1-4-9-26-12-14-27(15-13-26)29-18-21-34(30(22-29)23-40-42-39-41-33-10-7-8-11-35(33)50-39)49-38(45)28-16-19-31(20-17-28)46-24-32(48-37(44)6-3)25-47-36(43)5-2;1-4-9-22-12-14-23(15-13-22)24-16-17-28(38-20-26(40-31(37)6-3)21-39-30(36)5-2)25(18-24)19-33-35-32-34-27-10-7-8-11-29(27)41-32/h5-8,10-23,32H,2-4,9,24-25H2,1H3,(H,41,42);5-8,10-11,16-19,22-23,26H,2-4,9,12-15,20-21H2,1H3,(H,34,35)/b40-23+;33-19+. The first-order valence-electron chi connectivity index (χ1n) is 29.8. The van der Waals surface area contributed by atoms with E-state index in [0.717, 1.165) is 80.2 Å². The van der Waals surface area contributed by atoms with E-state index in [9.17, 15) is 24.0 Å². The quantitative estimate of drug-likeness (QED) is 0.0107. The molecule has 1 aliphatic carbocycles. The monoisotopic (exact) mass is 1260 g/mol. The van der Waals surface area contributed by atoms with Crippen molar-refractivity contribution in [2.75, 3.05) is 37.3 Å². The molecule has 1 fully saturated rings. The Bertz CT molecular complexity index is 3800. The van der Waals surface area contributed by atoms with Crippen LogP contribution in [0.4, 0.5) is 10.3 Å². The largest absolute Gasteiger partial charge is 0.490 e. The number of anilines is 2. The molecule has 1 aliphatic rings. The summed E-state index contributed by atoms with van der Waals surface area (Å²) in [5, 5.41) is 10.2. The van der Waals surface area contributed by atoms with Gasteiger partial charge in [0.15, 0.2) is 12.2 Å². The number of thiazole rings is 2. The first-order valence-corrected chi connectivity index (χ1v) is 31.5. The van der Waals surface area contributed by atoms with E-state index in [1.165, 1.54) is 72.3 Å². The fraction of sp³-hybridized carbons (Fsp3) is 0.254. The topological polar surface area (TPSA) is 225 Å². The summed E-state index contributed by atoms with van der Waals surface area (Å²) >= 11 is 3.01. The molecule has 0 aliphatic heterocycles. The van der Waals surface area contributed by atoms with E-state index in [1.807, 2.05) is 66.7 Å². The normalized spacial score (nSPS) is 14.2. The summed E-state index contributed by atoms with van der Waals surface area (Å²) in [6.07, 6.45) is 15.1. The maximum absolute atomic E-state index is 13.3. The van der Waals surface area contributed by atoms with Gasteiger partial charge in [0.1, 0.15) is 43.7 Å². The number of aromatic nitrogens is 2. The van der Waals surface area contributed by atoms with Crippen molar-refractivity contribution >= 4 is 95.6 Å². The SMILES string of the molecule is C=CC(=O)OCC(COc1ccc(C(=O)Oc2ccc(-c3ccc(CCC)cc3)cc2/C=N/Nc2nc3ccccc3s2)cc1)OC(=O)C=C.C=CC(=O)OCC(COc1ccc(C2CCC(CCC)CC2)cc1/C=N/Nc1nc2ccccc2s1)OC(=O)C=C. The first-order chi connectivity index (χ1) is 44.3. The van der Waals surface area contributed by atoms with E-state index >= 15 is 0 Å². The smallest absolute Gasteiger partial charge is 0.343 e. The van der Waals surface area contributed by atoms with Crippen molar-refractivity contribution in [2.24, 2.45) is 16.1 Å². The predicted molar refractivity (Wildman–Crippen MR) is 358 cm³/mol. The number of hydrogen-bond acceptors (Lipinski definition) is 20. The number of nitrogens with zero attached hydrogens (tertiary/aromatic N) is 4. The third-order valence-electron chi connectivity index (χ3n) is 14.4. The van der Waals surface area contributed by atoms with E-state index in [-0.39, 0.29) is 32.0 Å². The fourth-order valence-electron chi connectivity index (χ4n) is 9.82. The Labute approximate surface area is 537 Å². The molecule has 1 saturated carbocycles. The number of aryl methyl sites for hydroxylation is 1. The number of hydrogen-bond donors (Lipinski definition) is 2. The minimum atomic E-state index is -0.893. The lowest BCUT2D eigenvalue weighted by Gasteiger charge is -2.29. The van der Waals surface area contributed by atoms with Gasteiger partial charge in [-0.25, -0.2) is 33.9 Å². The van der Waals surface area contributed by atoms with Gasteiger partial charge in [0.2, 0.25) is 10.3 Å². The Kier molecular flexibility index (Phi) is 25.5. The van der Waals surface area contributed by atoms with Crippen LogP contribution >= 0.6 is 22.7 Å². The van der Waals surface area contributed by atoms with Crippen LogP contribution in [0.3, 0.4) is 0 Å². The van der Waals surface area contributed by atoms with Crippen molar-refractivity contribution in [3.8, 4) is 28.4 Å². The Hall–Kier alpha value is -10.1. The summed E-state index contributed by atoms with van der Waals surface area (Å²) in [5.74, 6) is -0.612. The highest BCUT2D eigenvalue weighted by atomic mass is 32.1. The number of fused-ring (bicyclic) bond motifs is 2. The van der Waals surface area contributed by atoms with Crippen LogP contribution in [0.15, 0.2) is 194 Å². The number of ether oxygens (including phenoxy) is 7. The van der Waals surface area contributed by atoms with E-state index in [4.69, 9.17) is 33.2 Å². The molecule has 0 radical (unpaired) electrons. The molecular formula is C71H72N6O12S2. The molecule has 470 valence electrons. The van der Waals surface area contributed by atoms with Crippen molar-refractivity contribution < 1.29 is 57.1 Å². The molecule has 18 nitrogen and oxygen atoms in total. The van der Waals surface area contributed by atoms with Gasteiger partial charge >= 0.3 is 29.8 Å². The van der Waals surface area contributed by atoms with Crippen molar-refractivity contribution in [1.29, 1.82) is 0 Å². The molecule has 6 aromatic carbocycles. The summed E-state index contributed by atoms with van der Waals surface area (Å²) in [7, 11) is 0. The molecule has 2 heterocycles. The maximum Gasteiger partial charge on any atom is 0.343 e. The zero-order valence-corrected chi connectivity index (χ0v) is 52.4. The van der Waals surface area contributed by atoms with E-state index in [1.54, 1.807) is 42.8 Å². The Morgan fingerprint density at radius 3 is 1.64 bits per heavy atom. The number of esters is 5. The molecule has 0 bridgehead atoms. The minimum absolute atomic E-state index is 0.0301. The van der Waals surface area contributed by atoms with Crippen molar-refractivity contribution in [1.82, 2.24) is 9.97 Å². The lowest BCUT2D eigenvalue weighted by atomic mass is 9.77. The van der Waals surface area contributed by atoms with Crippen LogP contribution in [0.1, 0.15) is 97.3 Å². The zero-order valence-electron chi connectivity index (χ0n) is 50.8. The highest BCUT2D eigenvalue weighted by Crippen LogP contribution is 2.39. The second kappa shape index (κ2) is 34.6. The first kappa shape index (κ1) is 66.9. The summed E-state index contributed by atoms with van der Waals surface area (Å²) in [6.45, 7) is 17.4. The Morgan fingerprint density at radius 2 is 1.10 bits per heavy atom. The molecular weight excluding hydrogens is 1190 g/mol. The van der Waals surface area contributed by atoms with E-state index < -0.39 is 42.1 Å². The molecule has 8 aromatic rings. The molecule has 2 N–H and O–H groups in total. The van der Waals surface area contributed by atoms with Crippen molar-refractivity contribution in [3.63, 3.8) is 0 Å². The van der Waals surface area contributed by atoms with Crippen LogP contribution in [0.25, 0.3) is 31.6 Å². The molecule has 9 rings (SSSR count). The number of hydrazone groups is 2. The molecule has 0 spiro atoms. The summed E-state index contributed by atoms with van der Waals surface area (Å²) in [5.41, 5.74) is 13.9. The van der Waals surface area contributed by atoms with Crippen molar-refractivity contribution in [2.45, 2.75) is 83.3 Å². The number of carbonyl (C=O) groups is 5. The Balaban J connectivity index is 0.000000239. The molecule has 2 unspecified atom stereocenters. The van der Waals surface area contributed by atoms with Gasteiger partial charge in [-0.05, 0) is 139 Å². The van der Waals surface area contributed by atoms with E-state index in [2.05, 4.69) is 108 Å². The van der Waals surface area contributed by atoms with E-state index in [0.29, 0.717) is 39.0 Å². The zero-order chi connectivity index (χ0) is 64.3. The van der Waals surface area contributed by atoms with Crippen LogP contribution in [0.2, 0.25) is 0 Å². The molecule has 2 aromatic heterocycles. The van der Waals surface area contributed by atoms with Gasteiger partial charge in [0.25, 0.3) is 0 Å². The average molecular weight is 1270 g/mol. The molecule has 0 amide bonds. The van der Waals surface area contributed by atoms with Gasteiger partial charge in [0, 0.05) is 35.4 Å². The van der Waals surface area contributed by atoms with Crippen LogP contribution in [-0.4, -0.2) is 90.9 Å². The van der Waals surface area contributed by atoms with Gasteiger partial charge in [-0.2, -0.15) is 10.2 Å². The number of benzene rings is 6. The number of rotatable bonds is 30. The van der Waals surface area contributed by atoms with Gasteiger partial charge in [-0.1, -0.05) is 143 Å². The second-order valence-corrected chi connectivity index (χ2v) is 23.0. The lowest BCUT2D eigenvalue weighted by molar-refractivity contribution is -0.154.